The summed E-state index contributed by atoms with van der Waals surface area (Å²) in [6, 6.07) is 8.34. The number of hydrogen-bond acceptors (Lipinski definition) is 4. The fourth-order valence-electron chi connectivity index (χ4n) is 2.57. The number of amides is 2. The molecule has 0 fully saturated rings. The summed E-state index contributed by atoms with van der Waals surface area (Å²) in [5, 5.41) is 10.0. The van der Waals surface area contributed by atoms with E-state index in [0.717, 1.165) is 17.9 Å². The van der Waals surface area contributed by atoms with Crippen LogP contribution >= 0.6 is 0 Å². The molecule has 7 heteroatoms. The van der Waals surface area contributed by atoms with Crippen molar-refractivity contribution in [2.45, 2.75) is 34.2 Å². The van der Waals surface area contributed by atoms with Crippen LogP contribution in [-0.2, 0) is 11.3 Å². The largest absolute Gasteiger partial charge is 0.462 e. The van der Waals surface area contributed by atoms with Crippen molar-refractivity contribution in [3.05, 3.63) is 47.3 Å². The molecule has 0 bridgehead atoms. The third kappa shape index (κ3) is 5.61. The highest BCUT2D eigenvalue weighted by atomic mass is 16.5. The molecule has 1 heterocycles. The van der Waals surface area contributed by atoms with Gasteiger partial charge < -0.3 is 15.4 Å². The maximum atomic E-state index is 12.0. The van der Waals surface area contributed by atoms with Crippen molar-refractivity contribution in [3.63, 3.8) is 0 Å². The first-order valence-corrected chi connectivity index (χ1v) is 8.72. The Morgan fingerprint density at radius 3 is 2.50 bits per heavy atom. The van der Waals surface area contributed by atoms with Crippen LogP contribution in [0.25, 0.3) is 0 Å². The summed E-state index contributed by atoms with van der Waals surface area (Å²) in [5.74, 6) is -0.133. The number of carbonyl (C=O) groups excluding carboxylic acids is 2. The SMILES string of the molecule is CCOC(=O)c1ccc(NC(=O)NC[C@@H](C)Cn2nc(C)cc2C)cc1. The average molecular weight is 358 g/mol. The molecule has 2 N–H and O–H groups in total. The molecule has 1 aromatic heterocycles. The molecule has 0 radical (unpaired) electrons. The highest BCUT2D eigenvalue weighted by Crippen LogP contribution is 2.11. The molecule has 0 aliphatic rings. The molecule has 0 spiro atoms. The van der Waals surface area contributed by atoms with E-state index in [-0.39, 0.29) is 17.9 Å². The number of benzene rings is 1. The molecule has 2 amide bonds. The van der Waals surface area contributed by atoms with Gasteiger partial charge >= 0.3 is 12.0 Å². The maximum absolute atomic E-state index is 12.0. The molecule has 0 aliphatic carbocycles. The third-order valence-corrected chi connectivity index (χ3v) is 3.85. The number of aryl methyl sites for hydroxylation is 2. The van der Waals surface area contributed by atoms with E-state index in [1.807, 2.05) is 24.6 Å². The summed E-state index contributed by atoms with van der Waals surface area (Å²) < 4.78 is 6.88. The minimum atomic E-state index is -0.374. The number of esters is 1. The van der Waals surface area contributed by atoms with E-state index < -0.39 is 0 Å². The number of nitrogens with zero attached hydrogens (tertiary/aromatic N) is 2. The van der Waals surface area contributed by atoms with Crippen molar-refractivity contribution >= 4 is 17.7 Å². The Morgan fingerprint density at radius 1 is 1.23 bits per heavy atom. The van der Waals surface area contributed by atoms with Gasteiger partial charge in [-0.05, 0) is 57.0 Å². The second kappa shape index (κ2) is 9.03. The number of carbonyl (C=O) groups is 2. The summed E-state index contributed by atoms with van der Waals surface area (Å²) in [6.45, 7) is 9.41. The zero-order valence-corrected chi connectivity index (χ0v) is 15.7. The number of nitrogens with one attached hydrogen (secondary N) is 2. The Morgan fingerprint density at radius 2 is 1.92 bits per heavy atom. The van der Waals surface area contributed by atoms with Crippen molar-refractivity contribution in [1.29, 1.82) is 0 Å². The Kier molecular flexibility index (Phi) is 6.77. The van der Waals surface area contributed by atoms with Gasteiger partial charge in [0.1, 0.15) is 0 Å². The van der Waals surface area contributed by atoms with Gasteiger partial charge in [-0.3, -0.25) is 4.68 Å². The number of aromatic nitrogens is 2. The van der Waals surface area contributed by atoms with Gasteiger partial charge in [-0.25, -0.2) is 9.59 Å². The first kappa shape index (κ1) is 19.5. The van der Waals surface area contributed by atoms with Gasteiger partial charge in [0, 0.05) is 24.5 Å². The summed E-state index contributed by atoms with van der Waals surface area (Å²) in [7, 11) is 0. The van der Waals surface area contributed by atoms with Crippen LogP contribution in [-0.4, -0.2) is 34.9 Å². The molecule has 1 atom stereocenters. The van der Waals surface area contributed by atoms with Crippen molar-refractivity contribution < 1.29 is 14.3 Å². The lowest BCUT2D eigenvalue weighted by Gasteiger charge is -2.14. The zero-order chi connectivity index (χ0) is 19.1. The van der Waals surface area contributed by atoms with E-state index in [2.05, 4.69) is 22.7 Å². The molecular weight excluding hydrogens is 332 g/mol. The molecule has 2 aromatic rings. The second-order valence-electron chi connectivity index (χ2n) is 6.35. The highest BCUT2D eigenvalue weighted by Gasteiger charge is 2.10. The van der Waals surface area contributed by atoms with Gasteiger partial charge in [-0.2, -0.15) is 5.10 Å². The summed E-state index contributed by atoms with van der Waals surface area (Å²) in [5.41, 5.74) is 3.17. The molecule has 7 nitrogen and oxygen atoms in total. The molecule has 0 unspecified atom stereocenters. The summed E-state index contributed by atoms with van der Waals surface area (Å²) in [6.07, 6.45) is 0. The van der Waals surface area contributed by atoms with Crippen LogP contribution in [0.15, 0.2) is 30.3 Å². The molecule has 1 aromatic carbocycles. The van der Waals surface area contributed by atoms with Crippen LogP contribution < -0.4 is 10.6 Å². The molecule has 2 rings (SSSR count). The van der Waals surface area contributed by atoms with Crippen LogP contribution in [0.2, 0.25) is 0 Å². The maximum Gasteiger partial charge on any atom is 0.338 e. The number of rotatable bonds is 7. The van der Waals surface area contributed by atoms with Crippen molar-refractivity contribution in [2.75, 3.05) is 18.5 Å². The zero-order valence-electron chi connectivity index (χ0n) is 15.7. The Hall–Kier alpha value is -2.83. The molecule has 26 heavy (non-hydrogen) atoms. The fraction of sp³-hybridized carbons (Fsp3) is 0.421. The molecule has 0 saturated carbocycles. The van der Waals surface area contributed by atoms with Gasteiger partial charge in [0.15, 0.2) is 0 Å². The van der Waals surface area contributed by atoms with E-state index in [1.54, 1.807) is 31.2 Å². The predicted molar refractivity (Wildman–Crippen MR) is 100 cm³/mol. The predicted octanol–water partition coefficient (Wildman–Crippen LogP) is 3.13. The van der Waals surface area contributed by atoms with Crippen LogP contribution in [0.3, 0.4) is 0 Å². The van der Waals surface area contributed by atoms with Crippen LogP contribution in [0, 0.1) is 19.8 Å². The number of urea groups is 1. The van der Waals surface area contributed by atoms with E-state index >= 15 is 0 Å². The van der Waals surface area contributed by atoms with Gasteiger partial charge in [0.25, 0.3) is 0 Å². The Balaban J connectivity index is 1.79. The number of hydrogen-bond donors (Lipinski definition) is 2. The first-order chi connectivity index (χ1) is 12.4. The van der Waals surface area contributed by atoms with Gasteiger partial charge in [0.05, 0.1) is 17.9 Å². The molecular formula is C19H26N4O3. The standard InChI is InChI=1S/C19H26N4O3/c1-5-26-18(24)16-6-8-17(9-7-16)21-19(25)20-11-13(2)12-23-15(4)10-14(3)22-23/h6-10,13H,5,11-12H2,1-4H3,(H2,20,21,25)/t13-/m1/s1. The number of anilines is 1. The molecule has 0 saturated heterocycles. The summed E-state index contributed by atoms with van der Waals surface area (Å²) in [4.78, 5) is 23.6. The number of ether oxygens (including phenoxy) is 1. The molecule has 0 aliphatic heterocycles. The lowest BCUT2D eigenvalue weighted by atomic mass is 10.2. The smallest absolute Gasteiger partial charge is 0.338 e. The highest BCUT2D eigenvalue weighted by molar-refractivity contribution is 5.92. The van der Waals surface area contributed by atoms with Gasteiger partial charge in [0.2, 0.25) is 0 Å². The average Bonchev–Trinajstić information content (AvgIpc) is 2.91. The summed E-state index contributed by atoms with van der Waals surface area (Å²) >= 11 is 0. The third-order valence-electron chi connectivity index (χ3n) is 3.85. The van der Waals surface area contributed by atoms with Crippen molar-refractivity contribution in [2.24, 2.45) is 5.92 Å². The van der Waals surface area contributed by atoms with Crippen molar-refractivity contribution in [3.8, 4) is 0 Å². The normalized spacial score (nSPS) is 11.7. The van der Waals surface area contributed by atoms with Gasteiger partial charge in [-0.1, -0.05) is 6.92 Å². The van der Waals surface area contributed by atoms with Gasteiger partial charge in [-0.15, -0.1) is 0 Å². The molecule has 140 valence electrons. The van der Waals surface area contributed by atoms with E-state index in [4.69, 9.17) is 4.74 Å². The van der Waals surface area contributed by atoms with E-state index in [0.29, 0.717) is 24.4 Å². The second-order valence-corrected chi connectivity index (χ2v) is 6.35. The van der Waals surface area contributed by atoms with Crippen LogP contribution in [0.1, 0.15) is 35.6 Å². The van der Waals surface area contributed by atoms with E-state index in [9.17, 15) is 9.59 Å². The quantitative estimate of drug-likeness (QED) is 0.745. The first-order valence-electron chi connectivity index (χ1n) is 8.72. The lowest BCUT2D eigenvalue weighted by molar-refractivity contribution is 0.0526. The van der Waals surface area contributed by atoms with Crippen LogP contribution in [0.5, 0.6) is 0 Å². The van der Waals surface area contributed by atoms with E-state index in [1.165, 1.54) is 0 Å². The topological polar surface area (TPSA) is 85.2 Å². The Bertz CT molecular complexity index is 753. The monoisotopic (exact) mass is 358 g/mol. The van der Waals surface area contributed by atoms with Crippen LogP contribution in [0.4, 0.5) is 10.5 Å². The minimum absolute atomic E-state index is 0.241. The Labute approximate surface area is 153 Å². The minimum Gasteiger partial charge on any atom is -0.462 e. The van der Waals surface area contributed by atoms with Crippen molar-refractivity contribution in [1.82, 2.24) is 15.1 Å². The lowest BCUT2D eigenvalue weighted by Crippen LogP contribution is -2.33. The fourth-order valence-corrected chi connectivity index (χ4v) is 2.57.